The van der Waals surface area contributed by atoms with Gasteiger partial charge >= 0.3 is 0 Å². The molecule has 0 heterocycles. The van der Waals surface area contributed by atoms with Crippen LogP contribution < -0.4 is 5.32 Å². The molecule has 160 valence electrons. The standard InChI is InChI=1S/C7H12N2O3.C6H11NO2.C3H6O.2CH4/c1-5(10)8-4-9(6(2)11)7(3)12;1-4-7(5(2)8)6(3)9;1-3(2)4;;/h4H2,1-3H3,(H,8,10);4H2,1-3H3;1-2H3;2*1H4. The van der Waals surface area contributed by atoms with E-state index in [1.54, 1.807) is 6.92 Å². The van der Waals surface area contributed by atoms with Crippen molar-refractivity contribution >= 4 is 35.3 Å². The molecule has 0 fully saturated rings. The molecule has 0 unspecified atom stereocenters. The number of ketones is 1. The van der Waals surface area contributed by atoms with Crippen LogP contribution >= 0.6 is 0 Å². The molecular formula is C18H37N3O6. The molecule has 0 aliphatic heterocycles. The zero-order valence-electron chi connectivity index (χ0n) is 16.3. The molecule has 5 amide bonds. The first-order valence-electron chi connectivity index (χ1n) is 7.56. The highest BCUT2D eigenvalue weighted by Crippen LogP contribution is 1.88. The Kier molecular flexibility index (Phi) is 26.0. The number of nitrogens with one attached hydrogen (secondary N) is 1. The largest absolute Gasteiger partial charge is 0.338 e. The Hall–Kier alpha value is -2.58. The lowest BCUT2D eigenvalue weighted by Crippen LogP contribution is -2.42. The average molecular weight is 392 g/mol. The number of amides is 5. The number of carbonyl (C=O) groups is 6. The van der Waals surface area contributed by atoms with E-state index in [4.69, 9.17) is 0 Å². The van der Waals surface area contributed by atoms with Gasteiger partial charge in [0.25, 0.3) is 0 Å². The van der Waals surface area contributed by atoms with Crippen molar-refractivity contribution in [3.05, 3.63) is 0 Å². The van der Waals surface area contributed by atoms with Crippen molar-refractivity contribution in [3.8, 4) is 0 Å². The van der Waals surface area contributed by atoms with Gasteiger partial charge in [0, 0.05) is 41.2 Å². The topological polar surface area (TPSA) is 121 Å². The molecule has 0 rings (SSSR count). The second-order valence-electron chi connectivity index (χ2n) is 5.05. The normalized spacial score (nSPS) is 7.85. The smallest absolute Gasteiger partial charge is 0.227 e. The number of hydrogen-bond donors (Lipinski definition) is 1. The molecule has 0 aromatic carbocycles. The van der Waals surface area contributed by atoms with Gasteiger partial charge in [0.1, 0.15) is 12.5 Å². The summed E-state index contributed by atoms with van der Waals surface area (Å²) in [6, 6.07) is 0. The zero-order chi connectivity index (χ0) is 20.7. The summed E-state index contributed by atoms with van der Waals surface area (Å²) < 4.78 is 0. The van der Waals surface area contributed by atoms with Crippen molar-refractivity contribution in [2.24, 2.45) is 0 Å². The summed E-state index contributed by atoms with van der Waals surface area (Å²) in [5.74, 6) is -1.25. The Morgan fingerprint density at radius 1 is 0.630 bits per heavy atom. The summed E-state index contributed by atoms with van der Waals surface area (Å²) in [5.41, 5.74) is 0. The van der Waals surface area contributed by atoms with Crippen molar-refractivity contribution in [3.63, 3.8) is 0 Å². The lowest BCUT2D eigenvalue weighted by atomic mass is 10.5. The van der Waals surface area contributed by atoms with Gasteiger partial charge in [0.15, 0.2) is 0 Å². The minimum Gasteiger partial charge on any atom is -0.338 e. The highest BCUT2D eigenvalue weighted by atomic mass is 16.2. The summed E-state index contributed by atoms with van der Waals surface area (Å²) >= 11 is 0. The van der Waals surface area contributed by atoms with Gasteiger partial charge in [0.2, 0.25) is 29.5 Å². The van der Waals surface area contributed by atoms with Crippen LogP contribution in [0.2, 0.25) is 0 Å². The van der Waals surface area contributed by atoms with E-state index < -0.39 is 0 Å². The van der Waals surface area contributed by atoms with Gasteiger partial charge in [0.05, 0.1) is 0 Å². The molecule has 0 atom stereocenters. The van der Waals surface area contributed by atoms with E-state index in [0.717, 1.165) is 4.90 Å². The monoisotopic (exact) mass is 391 g/mol. The molecule has 0 radical (unpaired) electrons. The van der Waals surface area contributed by atoms with Crippen molar-refractivity contribution in [1.29, 1.82) is 0 Å². The molecule has 9 heteroatoms. The molecule has 0 spiro atoms. The molecule has 0 bridgehead atoms. The predicted molar refractivity (Wildman–Crippen MR) is 105 cm³/mol. The van der Waals surface area contributed by atoms with Crippen LogP contribution in [0.3, 0.4) is 0 Å². The van der Waals surface area contributed by atoms with Gasteiger partial charge in [-0.15, -0.1) is 0 Å². The molecule has 0 saturated heterocycles. The molecule has 27 heavy (non-hydrogen) atoms. The van der Waals surface area contributed by atoms with Crippen LogP contribution in [0.4, 0.5) is 0 Å². The van der Waals surface area contributed by atoms with E-state index in [9.17, 15) is 28.8 Å². The van der Waals surface area contributed by atoms with Crippen LogP contribution in [0.25, 0.3) is 0 Å². The van der Waals surface area contributed by atoms with E-state index in [1.165, 1.54) is 53.4 Å². The number of Topliss-reactive ketones (excluding diaryl/α,β-unsaturated/α-hetero) is 1. The third kappa shape index (κ3) is 25.8. The first-order valence-corrected chi connectivity index (χ1v) is 7.56. The Bertz CT molecular complexity index is 471. The van der Waals surface area contributed by atoms with Gasteiger partial charge in [-0.25, -0.2) is 0 Å². The molecule has 0 aromatic heterocycles. The minimum atomic E-state index is -0.378. The molecule has 9 nitrogen and oxygen atoms in total. The fourth-order valence-electron chi connectivity index (χ4n) is 1.30. The molecule has 0 aliphatic rings. The van der Waals surface area contributed by atoms with Gasteiger partial charge in [-0.3, -0.25) is 33.8 Å². The number of hydrogen-bond acceptors (Lipinski definition) is 6. The summed E-state index contributed by atoms with van der Waals surface area (Å²) in [4.78, 5) is 64.6. The number of rotatable bonds is 3. The molecule has 1 N–H and O–H groups in total. The summed E-state index contributed by atoms with van der Waals surface area (Å²) in [7, 11) is 0. The van der Waals surface area contributed by atoms with E-state index in [-0.39, 0.29) is 56.8 Å². The lowest BCUT2D eigenvalue weighted by Gasteiger charge is -2.16. The fraction of sp³-hybridized carbons (Fsp3) is 0.667. The summed E-state index contributed by atoms with van der Waals surface area (Å²) in [6.45, 7) is 11.8. The molecule has 0 aromatic rings. The Balaban J connectivity index is -0.0000000959. The summed E-state index contributed by atoms with van der Waals surface area (Å²) in [5, 5.41) is 2.35. The first-order chi connectivity index (χ1) is 11.3. The zero-order valence-corrected chi connectivity index (χ0v) is 16.3. The van der Waals surface area contributed by atoms with Crippen molar-refractivity contribution in [1.82, 2.24) is 15.1 Å². The number of nitrogens with zero attached hydrogens (tertiary/aromatic N) is 2. The van der Waals surface area contributed by atoms with Gasteiger partial charge in [-0.05, 0) is 20.8 Å². The Morgan fingerprint density at radius 2 is 0.889 bits per heavy atom. The van der Waals surface area contributed by atoms with Crippen LogP contribution in [0, 0.1) is 0 Å². The molecule has 0 saturated carbocycles. The van der Waals surface area contributed by atoms with Gasteiger partial charge in [-0.2, -0.15) is 0 Å². The fourth-order valence-corrected chi connectivity index (χ4v) is 1.30. The lowest BCUT2D eigenvalue weighted by molar-refractivity contribution is -0.144. The van der Waals surface area contributed by atoms with E-state index >= 15 is 0 Å². The average Bonchev–Trinajstić information content (AvgIpc) is 2.37. The highest BCUT2D eigenvalue weighted by Gasteiger charge is 2.12. The van der Waals surface area contributed by atoms with Crippen molar-refractivity contribution in [2.75, 3.05) is 13.2 Å². The highest BCUT2D eigenvalue weighted by molar-refractivity contribution is 5.93. The van der Waals surface area contributed by atoms with Gasteiger partial charge < -0.3 is 10.1 Å². The SMILES string of the molecule is C.C.CC(=O)NCN(C(C)=O)C(C)=O.CC(C)=O.CCN(C(C)=O)C(C)=O. The minimum absolute atomic E-state index is 0. The number of carbonyl (C=O) groups excluding carboxylic acids is 6. The van der Waals surface area contributed by atoms with E-state index in [0.29, 0.717) is 6.54 Å². The first kappa shape index (κ1) is 35.5. The van der Waals surface area contributed by atoms with Crippen LogP contribution in [-0.2, 0) is 28.8 Å². The summed E-state index contributed by atoms with van der Waals surface area (Å²) in [6.07, 6.45) is 0. The van der Waals surface area contributed by atoms with Crippen LogP contribution in [-0.4, -0.2) is 58.3 Å². The maximum Gasteiger partial charge on any atom is 0.227 e. The second-order valence-corrected chi connectivity index (χ2v) is 5.05. The molecular weight excluding hydrogens is 354 g/mol. The Morgan fingerprint density at radius 3 is 1.00 bits per heavy atom. The molecule has 0 aliphatic carbocycles. The predicted octanol–water partition coefficient (Wildman–Crippen LogP) is 1.74. The number of imide groups is 2. The van der Waals surface area contributed by atoms with E-state index in [1.807, 2.05) is 0 Å². The van der Waals surface area contributed by atoms with Crippen molar-refractivity contribution < 1.29 is 28.8 Å². The Labute approximate surface area is 163 Å². The van der Waals surface area contributed by atoms with Crippen LogP contribution in [0.1, 0.15) is 70.2 Å². The van der Waals surface area contributed by atoms with Crippen LogP contribution in [0.15, 0.2) is 0 Å². The maximum absolute atomic E-state index is 10.8. The third-order valence-electron chi connectivity index (χ3n) is 2.32. The van der Waals surface area contributed by atoms with E-state index in [2.05, 4.69) is 5.32 Å². The van der Waals surface area contributed by atoms with Crippen LogP contribution in [0.5, 0.6) is 0 Å². The third-order valence-corrected chi connectivity index (χ3v) is 2.32. The quantitative estimate of drug-likeness (QED) is 0.732. The maximum atomic E-state index is 10.8. The van der Waals surface area contributed by atoms with Crippen molar-refractivity contribution in [2.45, 2.75) is 70.2 Å². The second kappa shape index (κ2) is 19.7. The van der Waals surface area contributed by atoms with Gasteiger partial charge in [-0.1, -0.05) is 14.9 Å².